The van der Waals surface area contributed by atoms with E-state index in [4.69, 9.17) is 0 Å². The van der Waals surface area contributed by atoms with Crippen LogP contribution in [-0.4, -0.2) is 34.2 Å². The molecule has 0 radical (unpaired) electrons. The molecule has 2 rings (SSSR count). The van der Waals surface area contributed by atoms with Gasteiger partial charge in [0.2, 0.25) is 5.91 Å². The molecule has 6 nitrogen and oxygen atoms in total. The first-order valence-electron chi connectivity index (χ1n) is 6.55. The van der Waals surface area contributed by atoms with Crippen molar-refractivity contribution in [1.29, 1.82) is 0 Å². The van der Waals surface area contributed by atoms with Crippen LogP contribution in [0.5, 0.6) is 0 Å². The fourth-order valence-corrected chi connectivity index (χ4v) is 2.47. The summed E-state index contributed by atoms with van der Waals surface area (Å²) in [6.07, 6.45) is 4.31. The Morgan fingerprint density at radius 2 is 2.50 bits per heavy atom. The molecule has 1 aliphatic rings. The maximum atomic E-state index is 12.4. The van der Waals surface area contributed by atoms with Gasteiger partial charge in [0.25, 0.3) is 0 Å². The van der Waals surface area contributed by atoms with Gasteiger partial charge in [0.05, 0.1) is 11.5 Å². The van der Waals surface area contributed by atoms with Crippen LogP contribution in [0.1, 0.15) is 45.0 Å². The molecule has 2 heterocycles. The van der Waals surface area contributed by atoms with Gasteiger partial charge in [0, 0.05) is 6.54 Å². The molecule has 0 spiro atoms. The monoisotopic (exact) mass is 251 g/mol. The van der Waals surface area contributed by atoms with Gasteiger partial charge >= 0.3 is 0 Å². The van der Waals surface area contributed by atoms with E-state index in [1.807, 2.05) is 6.92 Å². The summed E-state index contributed by atoms with van der Waals surface area (Å²) in [6, 6.07) is -0.134. The molecular weight excluding hydrogens is 230 g/mol. The first-order valence-corrected chi connectivity index (χ1v) is 6.55. The van der Waals surface area contributed by atoms with Gasteiger partial charge in [0.15, 0.2) is 0 Å². The van der Waals surface area contributed by atoms with Crippen LogP contribution in [-0.2, 0) is 4.79 Å². The second-order valence-corrected chi connectivity index (χ2v) is 4.98. The largest absolute Gasteiger partial charge is 0.346 e. The molecule has 2 unspecified atom stereocenters. The molecule has 0 aromatic carbocycles. The lowest BCUT2D eigenvalue weighted by Crippen LogP contribution is -2.50. The summed E-state index contributed by atoms with van der Waals surface area (Å²) < 4.78 is 0. The average molecular weight is 251 g/mol. The molecule has 0 bridgehead atoms. The Balaban J connectivity index is 2.01. The smallest absolute Gasteiger partial charge is 0.228 e. The van der Waals surface area contributed by atoms with E-state index in [0.717, 1.165) is 32.4 Å². The lowest BCUT2D eigenvalue weighted by atomic mass is 9.77. The van der Waals surface area contributed by atoms with Crippen LogP contribution in [0.4, 0.5) is 0 Å². The minimum atomic E-state index is -0.271. The second kappa shape index (κ2) is 5.48. The predicted octanol–water partition coefficient (Wildman–Crippen LogP) is 0.762. The summed E-state index contributed by atoms with van der Waals surface area (Å²) in [5.74, 6) is 0.805. The van der Waals surface area contributed by atoms with Gasteiger partial charge in [-0.3, -0.25) is 9.89 Å². The number of carbonyl (C=O) groups is 1. The van der Waals surface area contributed by atoms with Crippen molar-refractivity contribution >= 4 is 5.91 Å². The molecule has 6 heteroatoms. The molecule has 100 valence electrons. The Hall–Kier alpha value is -1.43. The van der Waals surface area contributed by atoms with E-state index in [1.54, 1.807) is 0 Å². The summed E-state index contributed by atoms with van der Waals surface area (Å²) >= 11 is 0. The fraction of sp³-hybridized carbons (Fsp3) is 0.750. The molecule has 1 aromatic rings. The molecule has 1 aliphatic heterocycles. The maximum Gasteiger partial charge on any atom is 0.228 e. The van der Waals surface area contributed by atoms with Crippen molar-refractivity contribution in [3.05, 3.63) is 12.2 Å². The van der Waals surface area contributed by atoms with Crippen LogP contribution < -0.4 is 10.6 Å². The third-order valence-corrected chi connectivity index (χ3v) is 3.82. The van der Waals surface area contributed by atoms with E-state index >= 15 is 0 Å². The highest BCUT2D eigenvalue weighted by Crippen LogP contribution is 2.30. The number of rotatable bonds is 4. The zero-order chi connectivity index (χ0) is 13.0. The first kappa shape index (κ1) is 13.0. The first-order chi connectivity index (χ1) is 8.68. The van der Waals surface area contributed by atoms with Gasteiger partial charge in [-0.25, -0.2) is 4.98 Å². The third kappa shape index (κ3) is 2.53. The number of H-pyrrole nitrogens is 1. The van der Waals surface area contributed by atoms with Crippen LogP contribution in [0, 0.1) is 5.41 Å². The van der Waals surface area contributed by atoms with Crippen molar-refractivity contribution in [2.45, 2.75) is 39.2 Å². The van der Waals surface area contributed by atoms with Crippen molar-refractivity contribution in [3.8, 4) is 0 Å². The van der Waals surface area contributed by atoms with Crippen molar-refractivity contribution in [2.24, 2.45) is 5.41 Å². The normalized spacial score (nSPS) is 25.7. The number of nitrogens with one attached hydrogen (secondary N) is 3. The Morgan fingerprint density at radius 1 is 1.67 bits per heavy atom. The topological polar surface area (TPSA) is 82.7 Å². The number of hydrogen-bond acceptors (Lipinski definition) is 4. The summed E-state index contributed by atoms with van der Waals surface area (Å²) in [7, 11) is 0. The molecular formula is C12H21N5O. The number of amides is 1. The number of aromatic nitrogens is 3. The number of nitrogens with zero attached hydrogens (tertiary/aromatic N) is 2. The van der Waals surface area contributed by atoms with Gasteiger partial charge < -0.3 is 10.6 Å². The molecule has 2 atom stereocenters. The average Bonchev–Trinajstić information content (AvgIpc) is 2.93. The summed E-state index contributed by atoms with van der Waals surface area (Å²) in [6.45, 7) is 5.76. The minimum Gasteiger partial charge on any atom is -0.346 e. The quantitative estimate of drug-likeness (QED) is 0.738. The molecule has 0 saturated carbocycles. The molecule has 18 heavy (non-hydrogen) atoms. The Kier molecular flexibility index (Phi) is 3.96. The van der Waals surface area contributed by atoms with Crippen LogP contribution in [0.3, 0.4) is 0 Å². The van der Waals surface area contributed by atoms with Crippen LogP contribution in [0.15, 0.2) is 6.33 Å². The van der Waals surface area contributed by atoms with E-state index in [0.29, 0.717) is 5.82 Å². The molecule has 0 aliphatic carbocycles. The number of carbonyl (C=O) groups excluding carboxylic acids is 1. The number of piperidine rings is 1. The van der Waals surface area contributed by atoms with Crippen molar-refractivity contribution in [3.63, 3.8) is 0 Å². The van der Waals surface area contributed by atoms with Gasteiger partial charge in [-0.05, 0) is 32.7 Å². The van der Waals surface area contributed by atoms with Gasteiger partial charge in [-0.1, -0.05) is 6.92 Å². The standard InChI is InChI=1S/C12H21N5O/c1-3-12(5-4-6-13-7-12)11(18)16-9(2)10-14-8-15-17-10/h8-9,13H,3-7H2,1-2H3,(H,16,18)(H,14,15,17). The maximum absolute atomic E-state index is 12.4. The van der Waals surface area contributed by atoms with Crippen molar-refractivity contribution in [2.75, 3.05) is 13.1 Å². The third-order valence-electron chi connectivity index (χ3n) is 3.82. The highest BCUT2D eigenvalue weighted by Gasteiger charge is 2.38. The minimum absolute atomic E-state index is 0.112. The number of hydrogen-bond donors (Lipinski definition) is 3. The zero-order valence-corrected chi connectivity index (χ0v) is 11.0. The second-order valence-electron chi connectivity index (χ2n) is 4.98. The molecule has 1 amide bonds. The molecule has 1 fully saturated rings. The number of aromatic amines is 1. The van der Waals surface area contributed by atoms with Gasteiger partial charge in [0.1, 0.15) is 12.2 Å². The fourth-order valence-electron chi connectivity index (χ4n) is 2.47. The highest BCUT2D eigenvalue weighted by atomic mass is 16.2. The summed E-state index contributed by atoms with van der Waals surface area (Å²) in [5.41, 5.74) is -0.271. The van der Waals surface area contributed by atoms with E-state index in [-0.39, 0.29) is 17.4 Å². The molecule has 1 saturated heterocycles. The Morgan fingerprint density at radius 3 is 3.06 bits per heavy atom. The van der Waals surface area contributed by atoms with Crippen molar-refractivity contribution in [1.82, 2.24) is 25.8 Å². The summed E-state index contributed by atoms with van der Waals surface area (Å²) in [4.78, 5) is 16.5. The van der Waals surface area contributed by atoms with Crippen LogP contribution in [0.2, 0.25) is 0 Å². The molecule has 1 aromatic heterocycles. The molecule has 3 N–H and O–H groups in total. The van der Waals surface area contributed by atoms with Crippen LogP contribution in [0.25, 0.3) is 0 Å². The van der Waals surface area contributed by atoms with E-state index in [9.17, 15) is 4.79 Å². The van der Waals surface area contributed by atoms with Gasteiger partial charge in [-0.15, -0.1) is 0 Å². The lowest BCUT2D eigenvalue weighted by Gasteiger charge is -2.36. The SMILES string of the molecule is CCC1(C(=O)NC(C)c2ncn[nH]2)CCCNC1. The zero-order valence-electron chi connectivity index (χ0n) is 11.0. The van der Waals surface area contributed by atoms with E-state index in [1.165, 1.54) is 6.33 Å². The lowest BCUT2D eigenvalue weighted by molar-refractivity contribution is -0.133. The van der Waals surface area contributed by atoms with Gasteiger partial charge in [-0.2, -0.15) is 5.10 Å². The summed E-state index contributed by atoms with van der Waals surface area (Å²) in [5, 5.41) is 12.9. The highest BCUT2D eigenvalue weighted by molar-refractivity contribution is 5.83. The van der Waals surface area contributed by atoms with E-state index < -0.39 is 0 Å². The Bertz CT molecular complexity index is 383. The Labute approximate surface area is 107 Å². The van der Waals surface area contributed by atoms with E-state index in [2.05, 4.69) is 32.7 Å². The van der Waals surface area contributed by atoms with Crippen LogP contribution >= 0.6 is 0 Å². The predicted molar refractivity (Wildman–Crippen MR) is 67.8 cm³/mol. The van der Waals surface area contributed by atoms with Crippen molar-refractivity contribution < 1.29 is 4.79 Å².